The number of anilines is 1. The van der Waals surface area contributed by atoms with Gasteiger partial charge in [-0.15, -0.1) is 0 Å². The van der Waals surface area contributed by atoms with Crippen molar-refractivity contribution >= 4 is 23.0 Å². The molecule has 8 heteroatoms. The van der Waals surface area contributed by atoms with Gasteiger partial charge in [0.25, 0.3) is 0 Å². The summed E-state index contributed by atoms with van der Waals surface area (Å²) in [5.41, 5.74) is 6.28. The standard InChI is InChI=1S/C35H37NO7/c1-33-13-12-24(38)15-22(33)8-11-25-26-16-29-35(28(40)18-37,34(26,2)17-27(39)30(25)33)43-32(42-29)21-5-3-4-20(14-21)31(41)19-6-9-23(36)10-7-19/h3-7,9-10,12-15,25-27,29-30,32,37,39H,8,11,16-18,36H2,1-2H3/t25-,26-,27-,29+,30+,32+,33-,34-,35+/m0/s1. The molecule has 2 aromatic carbocycles. The Hall–Kier alpha value is -3.43. The number of hydrogen-bond acceptors (Lipinski definition) is 8. The number of carbonyl (C=O) groups is 3. The molecular weight excluding hydrogens is 546 g/mol. The van der Waals surface area contributed by atoms with Crippen LogP contribution < -0.4 is 5.73 Å². The normalized spacial score (nSPS) is 39.3. The summed E-state index contributed by atoms with van der Waals surface area (Å²) in [4.78, 5) is 39.2. The van der Waals surface area contributed by atoms with Crippen molar-refractivity contribution in [2.75, 3.05) is 12.3 Å². The van der Waals surface area contributed by atoms with Crippen molar-refractivity contribution in [3.05, 3.63) is 89.0 Å². The molecule has 0 radical (unpaired) electrons. The maximum atomic E-state index is 13.8. The third kappa shape index (κ3) is 3.93. The van der Waals surface area contributed by atoms with E-state index in [4.69, 9.17) is 15.2 Å². The molecule has 43 heavy (non-hydrogen) atoms. The summed E-state index contributed by atoms with van der Waals surface area (Å²) in [6.07, 6.45) is 5.39. The second-order valence-corrected chi connectivity index (χ2v) is 13.4. The summed E-state index contributed by atoms with van der Waals surface area (Å²) < 4.78 is 13.2. The van der Waals surface area contributed by atoms with Crippen molar-refractivity contribution < 1.29 is 34.1 Å². The molecule has 0 unspecified atom stereocenters. The molecule has 0 aromatic heterocycles. The van der Waals surface area contributed by atoms with E-state index in [1.807, 2.05) is 13.0 Å². The maximum Gasteiger partial charge on any atom is 0.193 e. The molecule has 9 atom stereocenters. The molecule has 7 rings (SSSR count). The fraction of sp³-hybridized carbons (Fsp3) is 0.457. The predicted octanol–water partition coefficient (Wildman–Crippen LogP) is 4.10. The topological polar surface area (TPSA) is 136 Å². The van der Waals surface area contributed by atoms with Crippen molar-refractivity contribution in [3.63, 3.8) is 0 Å². The number of ether oxygens (including phenoxy) is 2. The summed E-state index contributed by atoms with van der Waals surface area (Å²) in [6, 6.07) is 13.7. The number of fused-ring (bicyclic) bond motifs is 7. The predicted molar refractivity (Wildman–Crippen MR) is 158 cm³/mol. The molecule has 0 amide bonds. The lowest BCUT2D eigenvalue weighted by molar-refractivity contribution is -0.201. The summed E-state index contributed by atoms with van der Waals surface area (Å²) in [7, 11) is 0. The summed E-state index contributed by atoms with van der Waals surface area (Å²) in [5.74, 6) is -0.667. The van der Waals surface area contributed by atoms with Crippen LogP contribution in [-0.4, -0.2) is 52.0 Å². The van der Waals surface area contributed by atoms with Crippen LogP contribution in [0, 0.1) is 28.6 Å². The van der Waals surface area contributed by atoms with E-state index in [2.05, 4.69) is 6.92 Å². The minimum atomic E-state index is -1.45. The van der Waals surface area contributed by atoms with Gasteiger partial charge < -0.3 is 25.4 Å². The van der Waals surface area contributed by atoms with Crippen LogP contribution in [0.3, 0.4) is 0 Å². The van der Waals surface area contributed by atoms with Gasteiger partial charge in [0.05, 0.1) is 12.2 Å². The maximum absolute atomic E-state index is 13.8. The SMILES string of the molecule is C[C@]12C=CC(=O)C=C1CC[C@@H]1[C@@H]2[C@@H](O)C[C@@]2(C)[C@H]1C[C@H]1O[C@@H](c3cccc(C(=O)c4ccc(N)cc4)c3)O[C@]12C(=O)CO. The molecule has 1 heterocycles. The van der Waals surface area contributed by atoms with E-state index in [9.17, 15) is 24.6 Å². The van der Waals surface area contributed by atoms with Crippen molar-refractivity contribution in [2.45, 2.75) is 63.6 Å². The molecular formula is C35H37NO7. The summed E-state index contributed by atoms with van der Waals surface area (Å²) in [6.45, 7) is 3.41. The van der Waals surface area contributed by atoms with Crippen molar-refractivity contribution in [2.24, 2.45) is 28.6 Å². The molecule has 4 fully saturated rings. The van der Waals surface area contributed by atoms with Gasteiger partial charge >= 0.3 is 0 Å². The van der Waals surface area contributed by atoms with E-state index in [-0.39, 0.29) is 29.3 Å². The first-order valence-electron chi connectivity index (χ1n) is 15.1. The average molecular weight is 584 g/mol. The fourth-order valence-electron chi connectivity index (χ4n) is 9.46. The van der Waals surface area contributed by atoms with Gasteiger partial charge in [-0.05, 0) is 80.0 Å². The molecule has 224 valence electrons. The van der Waals surface area contributed by atoms with Gasteiger partial charge in [-0.25, -0.2) is 0 Å². The lowest BCUT2D eigenvalue weighted by Gasteiger charge is -2.59. The molecule has 2 aromatic rings. The highest BCUT2D eigenvalue weighted by Gasteiger charge is 2.75. The Balaban J connectivity index is 1.22. The molecule has 0 spiro atoms. The number of nitrogens with two attached hydrogens (primary N) is 1. The molecule has 0 bridgehead atoms. The Morgan fingerprint density at radius 3 is 2.60 bits per heavy atom. The van der Waals surface area contributed by atoms with Gasteiger partial charge in [0.15, 0.2) is 29.2 Å². The van der Waals surface area contributed by atoms with Gasteiger partial charge in [-0.2, -0.15) is 0 Å². The van der Waals surface area contributed by atoms with Gasteiger partial charge in [0, 0.05) is 39.1 Å². The number of Topliss-reactive ketones (excluding diaryl/α,β-unsaturated/α-hetero) is 1. The van der Waals surface area contributed by atoms with Crippen LogP contribution in [0.25, 0.3) is 0 Å². The van der Waals surface area contributed by atoms with Crippen LogP contribution in [0.4, 0.5) is 5.69 Å². The number of allylic oxidation sites excluding steroid dienone is 4. The Labute approximate surface area is 250 Å². The smallest absolute Gasteiger partial charge is 0.193 e. The molecule has 5 aliphatic rings. The highest BCUT2D eigenvalue weighted by atomic mass is 16.7. The first-order valence-corrected chi connectivity index (χ1v) is 15.1. The third-order valence-corrected chi connectivity index (χ3v) is 11.4. The van der Waals surface area contributed by atoms with Crippen molar-refractivity contribution in [1.82, 2.24) is 0 Å². The average Bonchev–Trinajstić information content (AvgIpc) is 3.50. The highest BCUT2D eigenvalue weighted by Crippen LogP contribution is 2.70. The Morgan fingerprint density at radius 1 is 1.09 bits per heavy atom. The number of carbonyl (C=O) groups excluding carboxylic acids is 3. The highest BCUT2D eigenvalue weighted by molar-refractivity contribution is 6.09. The summed E-state index contributed by atoms with van der Waals surface area (Å²) in [5, 5.41) is 22.0. The Bertz CT molecular complexity index is 1580. The van der Waals surface area contributed by atoms with E-state index in [1.54, 1.807) is 60.7 Å². The zero-order chi connectivity index (χ0) is 30.3. The fourth-order valence-corrected chi connectivity index (χ4v) is 9.46. The van der Waals surface area contributed by atoms with Crippen LogP contribution in [0.2, 0.25) is 0 Å². The van der Waals surface area contributed by atoms with Gasteiger partial charge in [0.1, 0.15) is 6.61 Å². The Kier molecular flexibility index (Phi) is 6.45. The Morgan fingerprint density at radius 2 is 1.86 bits per heavy atom. The van der Waals surface area contributed by atoms with E-state index >= 15 is 0 Å². The van der Waals surface area contributed by atoms with Crippen molar-refractivity contribution in [3.8, 4) is 0 Å². The lowest BCUT2D eigenvalue weighted by atomic mass is 9.46. The van der Waals surface area contributed by atoms with Crippen LogP contribution in [0.5, 0.6) is 0 Å². The molecule has 4 N–H and O–H groups in total. The first kappa shape index (κ1) is 28.3. The first-order chi connectivity index (χ1) is 20.5. The monoisotopic (exact) mass is 583 g/mol. The van der Waals surface area contributed by atoms with Crippen LogP contribution in [-0.2, 0) is 19.1 Å². The third-order valence-electron chi connectivity index (χ3n) is 11.4. The second kappa shape index (κ2) is 9.79. The van der Waals surface area contributed by atoms with Gasteiger partial charge in [-0.1, -0.05) is 43.7 Å². The zero-order valence-electron chi connectivity index (χ0n) is 24.4. The number of aliphatic hydroxyl groups excluding tert-OH is 2. The number of benzene rings is 2. The number of aliphatic hydroxyl groups is 2. The van der Waals surface area contributed by atoms with E-state index < -0.39 is 47.3 Å². The number of hydrogen-bond donors (Lipinski definition) is 3. The molecule has 1 saturated heterocycles. The van der Waals surface area contributed by atoms with Crippen molar-refractivity contribution in [1.29, 1.82) is 0 Å². The van der Waals surface area contributed by atoms with E-state index in [0.29, 0.717) is 35.2 Å². The molecule has 4 aliphatic carbocycles. The largest absolute Gasteiger partial charge is 0.399 e. The minimum Gasteiger partial charge on any atom is -0.399 e. The van der Waals surface area contributed by atoms with Crippen LogP contribution in [0.1, 0.15) is 67.3 Å². The summed E-state index contributed by atoms with van der Waals surface area (Å²) >= 11 is 0. The molecule has 8 nitrogen and oxygen atoms in total. The van der Waals surface area contributed by atoms with E-state index in [1.165, 1.54) is 0 Å². The van der Waals surface area contributed by atoms with Gasteiger partial charge in [-0.3, -0.25) is 14.4 Å². The lowest BCUT2D eigenvalue weighted by Crippen LogP contribution is -2.63. The zero-order valence-corrected chi connectivity index (χ0v) is 24.4. The van der Waals surface area contributed by atoms with Gasteiger partial charge in [0.2, 0.25) is 0 Å². The minimum absolute atomic E-state index is 0.00480. The quantitative estimate of drug-likeness (QED) is 0.354. The number of rotatable bonds is 5. The molecule has 3 saturated carbocycles. The van der Waals surface area contributed by atoms with Crippen LogP contribution >= 0.6 is 0 Å². The number of nitrogen functional groups attached to an aromatic ring is 1. The second-order valence-electron chi connectivity index (χ2n) is 13.4. The molecule has 1 aliphatic heterocycles. The van der Waals surface area contributed by atoms with Crippen LogP contribution in [0.15, 0.2) is 72.3 Å². The van der Waals surface area contributed by atoms with E-state index in [0.717, 1.165) is 18.4 Å². The number of ketones is 3.